The molecule has 3 rings (SSSR count). The van der Waals surface area contributed by atoms with Crippen LogP contribution in [0.2, 0.25) is 0 Å². The summed E-state index contributed by atoms with van der Waals surface area (Å²) < 4.78 is 5.07. The van der Waals surface area contributed by atoms with Crippen molar-refractivity contribution in [2.45, 2.75) is 45.1 Å². The van der Waals surface area contributed by atoms with Crippen molar-refractivity contribution >= 4 is 22.6 Å². The number of aromatic nitrogens is 1. The number of esters is 1. The molecule has 22 heavy (non-hydrogen) atoms. The van der Waals surface area contributed by atoms with E-state index >= 15 is 0 Å². The van der Waals surface area contributed by atoms with Gasteiger partial charge in [-0.05, 0) is 19.4 Å². The molecular weight excluding hydrogens is 276 g/mol. The highest BCUT2D eigenvalue weighted by atomic mass is 16.5. The molecule has 1 aromatic heterocycles. The summed E-state index contributed by atoms with van der Waals surface area (Å²) in [4.78, 5) is 20.7. The molecule has 2 heterocycles. The Labute approximate surface area is 130 Å². The molecule has 0 bridgehead atoms. The molecule has 1 atom stereocenters. The van der Waals surface area contributed by atoms with Crippen molar-refractivity contribution in [1.29, 1.82) is 0 Å². The summed E-state index contributed by atoms with van der Waals surface area (Å²) in [7, 11) is 1.45. The summed E-state index contributed by atoms with van der Waals surface area (Å²) in [5, 5.41) is 1.17. The maximum atomic E-state index is 12.4. The molecular formula is C18H22N2O2. The van der Waals surface area contributed by atoms with Gasteiger partial charge in [0.25, 0.3) is 0 Å². The molecule has 0 aliphatic carbocycles. The van der Waals surface area contributed by atoms with Gasteiger partial charge in [0, 0.05) is 34.3 Å². The Morgan fingerprint density at radius 3 is 2.91 bits per heavy atom. The summed E-state index contributed by atoms with van der Waals surface area (Å²) in [5.41, 5.74) is 3.48. The second kappa shape index (κ2) is 5.59. The van der Waals surface area contributed by atoms with Gasteiger partial charge in [-0.15, -0.1) is 0 Å². The van der Waals surface area contributed by atoms with Crippen LogP contribution in [0, 0.1) is 0 Å². The lowest BCUT2D eigenvalue weighted by Crippen LogP contribution is -2.43. The molecule has 0 fully saturated rings. The summed E-state index contributed by atoms with van der Waals surface area (Å²) >= 11 is 0. The summed E-state index contributed by atoms with van der Waals surface area (Å²) in [6.45, 7) is 4.11. The summed E-state index contributed by atoms with van der Waals surface area (Å²) in [5.74, 6) is -0.232. The molecule has 0 radical (unpaired) electrons. The number of hydrogen-bond acceptors (Lipinski definition) is 3. The van der Waals surface area contributed by atoms with Crippen LogP contribution in [0.5, 0.6) is 0 Å². The fraction of sp³-hybridized carbons (Fsp3) is 0.444. The van der Waals surface area contributed by atoms with Gasteiger partial charge in [0.2, 0.25) is 0 Å². The minimum absolute atomic E-state index is 0.232. The molecule has 0 spiro atoms. The predicted octanol–water partition coefficient (Wildman–Crippen LogP) is 3.64. The first-order valence-electron chi connectivity index (χ1n) is 7.86. The minimum atomic E-state index is -0.775. The molecule has 1 aliphatic rings. The van der Waals surface area contributed by atoms with E-state index in [1.54, 1.807) is 0 Å². The second-order valence-corrected chi connectivity index (χ2v) is 6.02. The quantitative estimate of drug-likeness (QED) is 0.876. The number of aliphatic imine (C=N–C) groups is 1. The fourth-order valence-corrected chi connectivity index (χ4v) is 3.48. The number of carbonyl (C=O) groups excluding carboxylic acids is 1. The molecule has 1 aromatic carbocycles. The number of para-hydroxylation sites is 1. The third kappa shape index (κ3) is 2.23. The zero-order valence-electron chi connectivity index (χ0n) is 13.4. The number of methoxy groups -OCH3 is 1. The standard InChI is InChI=1S/C18H22N2O2/c1-4-5-10-18(17(21)22-3)11-15-16(12(2)20-18)13-8-6-7-9-14(13)19-15/h6-9,19H,4-5,10-11H2,1-3H3. The van der Waals surface area contributed by atoms with E-state index in [0.717, 1.165) is 41.7 Å². The molecule has 1 unspecified atom stereocenters. The van der Waals surface area contributed by atoms with Crippen molar-refractivity contribution in [1.82, 2.24) is 4.98 Å². The van der Waals surface area contributed by atoms with Crippen molar-refractivity contribution in [2.75, 3.05) is 7.11 Å². The van der Waals surface area contributed by atoms with Gasteiger partial charge in [0.1, 0.15) is 0 Å². The van der Waals surface area contributed by atoms with Crippen molar-refractivity contribution < 1.29 is 9.53 Å². The zero-order chi connectivity index (χ0) is 15.7. The molecule has 4 nitrogen and oxygen atoms in total. The normalized spacial score (nSPS) is 20.6. The largest absolute Gasteiger partial charge is 0.467 e. The SMILES string of the molecule is CCCCC1(C(=O)OC)Cc2[nH]c3ccccc3c2C(C)=N1. The van der Waals surface area contributed by atoms with Crippen molar-refractivity contribution in [3.8, 4) is 0 Å². The second-order valence-electron chi connectivity index (χ2n) is 6.02. The molecule has 1 N–H and O–H groups in total. The van der Waals surface area contributed by atoms with E-state index in [2.05, 4.69) is 24.0 Å². The number of nitrogens with zero attached hydrogens (tertiary/aromatic N) is 1. The monoisotopic (exact) mass is 298 g/mol. The lowest BCUT2D eigenvalue weighted by atomic mass is 9.83. The van der Waals surface area contributed by atoms with E-state index in [-0.39, 0.29) is 5.97 Å². The number of hydrogen-bond donors (Lipinski definition) is 1. The number of nitrogens with one attached hydrogen (secondary N) is 1. The first kappa shape index (κ1) is 14.8. The van der Waals surface area contributed by atoms with Gasteiger partial charge < -0.3 is 9.72 Å². The highest BCUT2D eigenvalue weighted by Gasteiger charge is 2.43. The molecule has 0 amide bonds. The van der Waals surface area contributed by atoms with Crippen molar-refractivity contribution in [2.24, 2.45) is 4.99 Å². The summed E-state index contributed by atoms with van der Waals surface area (Å²) in [6.07, 6.45) is 3.30. The van der Waals surface area contributed by atoms with E-state index in [0.29, 0.717) is 6.42 Å². The topological polar surface area (TPSA) is 54.5 Å². The van der Waals surface area contributed by atoms with Crippen LogP contribution in [0.15, 0.2) is 29.3 Å². The van der Waals surface area contributed by atoms with Gasteiger partial charge in [0.05, 0.1) is 7.11 Å². The van der Waals surface area contributed by atoms with Crippen LogP contribution >= 0.6 is 0 Å². The number of aromatic amines is 1. The van der Waals surface area contributed by atoms with Crippen LogP contribution in [-0.4, -0.2) is 29.3 Å². The van der Waals surface area contributed by atoms with Crippen LogP contribution in [0.1, 0.15) is 44.4 Å². The Balaban J connectivity index is 2.12. The zero-order valence-corrected chi connectivity index (χ0v) is 13.4. The Bertz CT molecular complexity index is 745. The van der Waals surface area contributed by atoms with E-state index in [1.165, 1.54) is 12.5 Å². The lowest BCUT2D eigenvalue weighted by molar-refractivity contribution is -0.147. The van der Waals surface area contributed by atoms with Gasteiger partial charge in [-0.3, -0.25) is 4.99 Å². The molecule has 2 aromatic rings. The maximum Gasteiger partial charge on any atom is 0.334 e. The van der Waals surface area contributed by atoms with Crippen LogP contribution in [0.3, 0.4) is 0 Å². The van der Waals surface area contributed by atoms with E-state index < -0.39 is 5.54 Å². The third-order valence-electron chi connectivity index (χ3n) is 4.51. The summed E-state index contributed by atoms with van der Waals surface area (Å²) in [6, 6.07) is 8.21. The number of fused-ring (bicyclic) bond motifs is 3. The van der Waals surface area contributed by atoms with E-state index in [9.17, 15) is 4.79 Å². The maximum absolute atomic E-state index is 12.4. The Morgan fingerprint density at radius 2 is 2.18 bits per heavy atom. The van der Waals surface area contributed by atoms with E-state index in [4.69, 9.17) is 9.73 Å². The number of unbranched alkanes of at least 4 members (excludes halogenated alkanes) is 1. The highest BCUT2D eigenvalue weighted by molar-refractivity contribution is 6.12. The number of rotatable bonds is 4. The average Bonchev–Trinajstić information content (AvgIpc) is 2.90. The molecule has 1 aliphatic heterocycles. The van der Waals surface area contributed by atoms with Gasteiger partial charge in [-0.25, -0.2) is 4.79 Å². The first-order valence-corrected chi connectivity index (χ1v) is 7.86. The Hall–Kier alpha value is -2.10. The molecule has 0 saturated heterocycles. The van der Waals surface area contributed by atoms with Crippen LogP contribution < -0.4 is 0 Å². The van der Waals surface area contributed by atoms with E-state index in [1.807, 2.05) is 19.1 Å². The first-order chi connectivity index (χ1) is 10.6. The van der Waals surface area contributed by atoms with Gasteiger partial charge in [0.15, 0.2) is 5.54 Å². The smallest absolute Gasteiger partial charge is 0.334 e. The van der Waals surface area contributed by atoms with Crippen LogP contribution in [-0.2, 0) is 16.0 Å². The van der Waals surface area contributed by atoms with Gasteiger partial charge in [-0.2, -0.15) is 0 Å². The number of H-pyrrole nitrogens is 1. The van der Waals surface area contributed by atoms with Crippen LogP contribution in [0.25, 0.3) is 10.9 Å². The number of ether oxygens (including phenoxy) is 1. The molecule has 4 heteroatoms. The number of carbonyl (C=O) groups is 1. The average molecular weight is 298 g/mol. The van der Waals surface area contributed by atoms with Crippen molar-refractivity contribution in [3.05, 3.63) is 35.5 Å². The van der Waals surface area contributed by atoms with Crippen molar-refractivity contribution in [3.63, 3.8) is 0 Å². The lowest BCUT2D eigenvalue weighted by Gasteiger charge is -2.31. The fourth-order valence-electron chi connectivity index (χ4n) is 3.48. The van der Waals surface area contributed by atoms with Crippen LogP contribution in [0.4, 0.5) is 0 Å². The number of benzene rings is 1. The third-order valence-corrected chi connectivity index (χ3v) is 4.51. The molecule has 116 valence electrons. The molecule has 0 saturated carbocycles. The predicted molar refractivity (Wildman–Crippen MR) is 88.5 cm³/mol. The Morgan fingerprint density at radius 1 is 1.41 bits per heavy atom. The Kier molecular flexibility index (Phi) is 3.77. The minimum Gasteiger partial charge on any atom is -0.467 e. The van der Waals surface area contributed by atoms with Gasteiger partial charge >= 0.3 is 5.97 Å². The highest BCUT2D eigenvalue weighted by Crippen LogP contribution is 2.35. The van der Waals surface area contributed by atoms with Gasteiger partial charge in [-0.1, -0.05) is 38.0 Å².